The van der Waals surface area contributed by atoms with E-state index in [1.165, 1.54) is 0 Å². The summed E-state index contributed by atoms with van der Waals surface area (Å²) in [6.07, 6.45) is 0.824. The second kappa shape index (κ2) is 8.03. The Morgan fingerprint density at radius 1 is 1.36 bits per heavy atom. The van der Waals surface area contributed by atoms with Crippen LogP contribution < -0.4 is 4.74 Å². The summed E-state index contributed by atoms with van der Waals surface area (Å²) in [7, 11) is 0. The van der Waals surface area contributed by atoms with Crippen LogP contribution >= 0.6 is 12.4 Å². The monoisotopic (exact) mass is 327 g/mol. The van der Waals surface area contributed by atoms with Gasteiger partial charge in [0.2, 0.25) is 5.91 Å². The lowest BCUT2D eigenvalue weighted by Crippen LogP contribution is -2.31. The lowest BCUT2D eigenvalue weighted by atomic mass is 10.1. The number of carboxylic acid groups (broad SMARTS) is 1. The lowest BCUT2D eigenvalue weighted by Gasteiger charge is -2.18. The number of rotatable bonds is 5. The molecule has 0 bridgehead atoms. The highest BCUT2D eigenvalue weighted by Gasteiger charge is 2.30. The Balaban J connectivity index is 0.00000242. The number of benzene rings is 1. The topological polar surface area (TPSA) is 66.8 Å². The van der Waals surface area contributed by atoms with Crippen LogP contribution in [0.4, 0.5) is 0 Å². The summed E-state index contributed by atoms with van der Waals surface area (Å²) >= 11 is 0. The van der Waals surface area contributed by atoms with Crippen LogP contribution in [-0.4, -0.2) is 41.1 Å². The molecule has 1 aromatic carbocycles. The van der Waals surface area contributed by atoms with E-state index in [0.29, 0.717) is 19.5 Å². The van der Waals surface area contributed by atoms with Gasteiger partial charge in [-0.15, -0.1) is 12.4 Å². The zero-order valence-corrected chi connectivity index (χ0v) is 13.6. The first-order valence-electron chi connectivity index (χ1n) is 7.22. The fraction of sp³-hybridized carbons (Fsp3) is 0.500. The molecule has 0 saturated carbocycles. The Bertz CT molecular complexity index is 533. The molecular formula is C16H22ClNO4. The average molecular weight is 328 g/mol. The molecule has 5 nitrogen and oxygen atoms in total. The number of hydrogen-bond acceptors (Lipinski definition) is 3. The van der Waals surface area contributed by atoms with E-state index < -0.39 is 11.9 Å². The number of amides is 1. The van der Waals surface area contributed by atoms with Crippen molar-refractivity contribution in [2.75, 3.05) is 13.1 Å². The molecule has 122 valence electrons. The fourth-order valence-corrected chi connectivity index (χ4v) is 2.48. The summed E-state index contributed by atoms with van der Waals surface area (Å²) in [6.45, 7) is 4.71. The Hall–Kier alpha value is -1.75. The van der Waals surface area contributed by atoms with Crippen LogP contribution in [0.5, 0.6) is 5.75 Å². The van der Waals surface area contributed by atoms with Crippen molar-refractivity contribution in [1.82, 2.24) is 4.90 Å². The van der Waals surface area contributed by atoms with Crippen LogP contribution in [0.1, 0.15) is 25.8 Å². The molecule has 1 aromatic rings. The molecule has 0 radical (unpaired) electrons. The second-order valence-electron chi connectivity index (χ2n) is 5.61. The maximum absolute atomic E-state index is 12.3. The van der Waals surface area contributed by atoms with Crippen molar-refractivity contribution in [2.45, 2.75) is 32.8 Å². The predicted octanol–water partition coefficient (Wildman–Crippen LogP) is 2.37. The minimum absolute atomic E-state index is 0. The highest BCUT2D eigenvalue weighted by Crippen LogP contribution is 2.22. The van der Waals surface area contributed by atoms with Gasteiger partial charge in [0.1, 0.15) is 5.75 Å². The molecule has 2 rings (SSSR count). The van der Waals surface area contributed by atoms with Gasteiger partial charge in [-0.25, -0.2) is 0 Å². The molecule has 1 saturated heterocycles. The molecule has 22 heavy (non-hydrogen) atoms. The number of ether oxygens (including phenoxy) is 1. The van der Waals surface area contributed by atoms with Crippen molar-refractivity contribution in [2.24, 2.45) is 5.92 Å². The Labute approximate surface area is 136 Å². The maximum Gasteiger partial charge on any atom is 0.308 e. The number of halogens is 1. The van der Waals surface area contributed by atoms with Gasteiger partial charge in [0.05, 0.1) is 18.4 Å². The number of para-hydroxylation sites is 1. The average Bonchev–Trinajstić information content (AvgIpc) is 2.90. The summed E-state index contributed by atoms with van der Waals surface area (Å²) in [5.74, 6) is -0.585. The molecule has 1 fully saturated rings. The summed E-state index contributed by atoms with van der Waals surface area (Å²) in [5, 5.41) is 8.99. The van der Waals surface area contributed by atoms with Gasteiger partial charge in [-0.3, -0.25) is 9.59 Å². The number of carbonyl (C=O) groups is 2. The van der Waals surface area contributed by atoms with Gasteiger partial charge >= 0.3 is 5.97 Å². The standard InChI is InChI=1S/C16H21NO4.ClH/c1-11(2)21-14-6-4-3-5-12(14)9-15(18)17-8-7-13(10-17)16(19)20;/h3-6,11,13H,7-10H2,1-2H3,(H,19,20);1H. The van der Waals surface area contributed by atoms with E-state index in [4.69, 9.17) is 9.84 Å². The van der Waals surface area contributed by atoms with E-state index in [1.807, 2.05) is 38.1 Å². The molecule has 1 heterocycles. The van der Waals surface area contributed by atoms with E-state index in [-0.39, 0.29) is 30.8 Å². The summed E-state index contributed by atoms with van der Waals surface area (Å²) < 4.78 is 5.70. The number of hydrogen-bond donors (Lipinski definition) is 1. The largest absolute Gasteiger partial charge is 0.491 e. The Morgan fingerprint density at radius 3 is 2.64 bits per heavy atom. The maximum atomic E-state index is 12.3. The van der Waals surface area contributed by atoms with E-state index in [9.17, 15) is 9.59 Å². The zero-order chi connectivity index (χ0) is 15.4. The van der Waals surface area contributed by atoms with Gasteiger partial charge in [0, 0.05) is 18.7 Å². The highest BCUT2D eigenvalue weighted by atomic mass is 35.5. The number of aliphatic carboxylic acids is 1. The summed E-state index contributed by atoms with van der Waals surface area (Å²) in [5.41, 5.74) is 0.843. The fourth-order valence-electron chi connectivity index (χ4n) is 2.48. The number of carboxylic acids is 1. The Kier molecular flexibility index (Phi) is 6.68. The van der Waals surface area contributed by atoms with Crippen molar-refractivity contribution >= 4 is 24.3 Å². The second-order valence-corrected chi connectivity index (χ2v) is 5.61. The normalized spacial score (nSPS) is 17.2. The SMILES string of the molecule is CC(C)Oc1ccccc1CC(=O)N1CCC(C(=O)O)C1.Cl. The van der Waals surface area contributed by atoms with E-state index in [0.717, 1.165) is 11.3 Å². The first kappa shape index (κ1) is 18.3. The van der Waals surface area contributed by atoms with Gasteiger partial charge in [-0.05, 0) is 26.3 Å². The van der Waals surface area contributed by atoms with E-state index >= 15 is 0 Å². The molecule has 0 aliphatic carbocycles. The van der Waals surface area contributed by atoms with Crippen LogP contribution in [0.25, 0.3) is 0 Å². The summed E-state index contributed by atoms with van der Waals surface area (Å²) in [6, 6.07) is 7.48. The minimum Gasteiger partial charge on any atom is -0.491 e. The first-order chi connectivity index (χ1) is 9.97. The highest BCUT2D eigenvalue weighted by molar-refractivity contribution is 5.85. The first-order valence-corrected chi connectivity index (χ1v) is 7.22. The number of carbonyl (C=O) groups excluding carboxylic acids is 1. The van der Waals surface area contributed by atoms with Crippen LogP contribution in [-0.2, 0) is 16.0 Å². The van der Waals surface area contributed by atoms with Crippen LogP contribution in [0.2, 0.25) is 0 Å². The van der Waals surface area contributed by atoms with Gasteiger partial charge in [0.15, 0.2) is 0 Å². The van der Waals surface area contributed by atoms with Crippen molar-refractivity contribution in [3.05, 3.63) is 29.8 Å². The molecular weight excluding hydrogens is 306 g/mol. The molecule has 1 N–H and O–H groups in total. The summed E-state index contributed by atoms with van der Waals surface area (Å²) in [4.78, 5) is 24.9. The van der Waals surface area contributed by atoms with Crippen LogP contribution in [0.15, 0.2) is 24.3 Å². The van der Waals surface area contributed by atoms with E-state index in [2.05, 4.69) is 0 Å². The van der Waals surface area contributed by atoms with Crippen molar-refractivity contribution in [3.63, 3.8) is 0 Å². The molecule has 1 amide bonds. The zero-order valence-electron chi connectivity index (χ0n) is 12.8. The van der Waals surface area contributed by atoms with Gasteiger partial charge in [-0.2, -0.15) is 0 Å². The lowest BCUT2D eigenvalue weighted by molar-refractivity contribution is -0.141. The molecule has 6 heteroatoms. The van der Waals surface area contributed by atoms with Crippen molar-refractivity contribution in [3.8, 4) is 5.75 Å². The molecule has 1 aliphatic heterocycles. The van der Waals surface area contributed by atoms with Gasteiger partial charge in [-0.1, -0.05) is 18.2 Å². The van der Waals surface area contributed by atoms with Crippen LogP contribution in [0.3, 0.4) is 0 Å². The molecule has 1 atom stereocenters. The third-order valence-electron chi connectivity index (χ3n) is 3.57. The molecule has 0 aromatic heterocycles. The quantitative estimate of drug-likeness (QED) is 0.901. The number of nitrogens with zero attached hydrogens (tertiary/aromatic N) is 1. The van der Waals surface area contributed by atoms with Crippen molar-refractivity contribution < 1.29 is 19.4 Å². The van der Waals surface area contributed by atoms with E-state index in [1.54, 1.807) is 4.90 Å². The van der Waals surface area contributed by atoms with Gasteiger partial charge < -0.3 is 14.7 Å². The molecule has 1 aliphatic rings. The van der Waals surface area contributed by atoms with Crippen molar-refractivity contribution in [1.29, 1.82) is 0 Å². The third-order valence-corrected chi connectivity index (χ3v) is 3.57. The number of likely N-dealkylation sites (tertiary alicyclic amines) is 1. The predicted molar refractivity (Wildman–Crippen MR) is 85.5 cm³/mol. The van der Waals surface area contributed by atoms with Gasteiger partial charge in [0.25, 0.3) is 0 Å². The smallest absolute Gasteiger partial charge is 0.308 e. The minimum atomic E-state index is -0.825. The van der Waals surface area contributed by atoms with Crippen LogP contribution in [0, 0.1) is 5.92 Å². The molecule has 0 spiro atoms. The molecule has 1 unspecified atom stereocenters. The Morgan fingerprint density at radius 2 is 2.05 bits per heavy atom. The third kappa shape index (κ3) is 4.63.